The van der Waals surface area contributed by atoms with Crippen molar-refractivity contribution >= 4 is 23.5 Å². The molecule has 4 N–H and O–H groups in total. The first-order chi connectivity index (χ1) is 9.69. The average Bonchev–Trinajstić information content (AvgIpc) is 2.49. The minimum atomic E-state index is -0.419. The Bertz CT molecular complexity index is 570. The molecule has 0 fully saturated rings. The molecule has 6 nitrogen and oxygen atoms in total. The van der Waals surface area contributed by atoms with Gasteiger partial charge in [-0.3, -0.25) is 10.2 Å². The number of hydrogen-bond donors (Lipinski definition) is 3. The van der Waals surface area contributed by atoms with Crippen LogP contribution in [0.3, 0.4) is 0 Å². The number of anilines is 1. The molecule has 0 radical (unpaired) electrons. The number of aromatic nitrogens is 2. The van der Waals surface area contributed by atoms with Crippen molar-refractivity contribution in [2.45, 2.75) is 6.42 Å². The second-order valence-corrected chi connectivity index (χ2v) is 4.51. The van der Waals surface area contributed by atoms with Crippen LogP contribution in [0.25, 0.3) is 0 Å². The molecule has 0 bridgehead atoms. The Balaban J connectivity index is 1.85. The van der Waals surface area contributed by atoms with Crippen molar-refractivity contribution < 1.29 is 4.79 Å². The van der Waals surface area contributed by atoms with Gasteiger partial charge in [-0.05, 0) is 24.1 Å². The van der Waals surface area contributed by atoms with E-state index in [2.05, 4.69) is 15.3 Å². The third-order valence-corrected chi connectivity index (χ3v) is 2.91. The second-order valence-electron chi connectivity index (χ2n) is 4.07. The standard InChI is InChI=1S/C13H14ClN5O/c14-11-3-1-9(2-4-11)5-6-16-13-17-7-10(8-18-13)12(20)19-15/h1-4,7-8H,5-6,15H2,(H,19,20)(H,16,17,18). The predicted molar refractivity (Wildman–Crippen MR) is 77.3 cm³/mol. The lowest BCUT2D eigenvalue weighted by Gasteiger charge is -2.05. The molecule has 0 spiro atoms. The van der Waals surface area contributed by atoms with Crippen molar-refractivity contribution in [3.05, 3.63) is 52.8 Å². The van der Waals surface area contributed by atoms with Crippen LogP contribution in [0.1, 0.15) is 15.9 Å². The Kier molecular flexibility index (Phi) is 4.86. The Hall–Kier alpha value is -2.18. The normalized spacial score (nSPS) is 10.1. The van der Waals surface area contributed by atoms with E-state index >= 15 is 0 Å². The molecule has 0 atom stereocenters. The van der Waals surface area contributed by atoms with Crippen LogP contribution in [-0.4, -0.2) is 22.4 Å². The second kappa shape index (κ2) is 6.83. The van der Waals surface area contributed by atoms with Gasteiger partial charge in [-0.1, -0.05) is 23.7 Å². The molecule has 104 valence electrons. The number of amides is 1. The van der Waals surface area contributed by atoms with Gasteiger partial charge >= 0.3 is 0 Å². The van der Waals surface area contributed by atoms with Gasteiger partial charge in [0.15, 0.2) is 0 Å². The lowest BCUT2D eigenvalue weighted by Crippen LogP contribution is -2.30. The minimum absolute atomic E-state index is 0.316. The largest absolute Gasteiger partial charge is 0.354 e. The SMILES string of the molecule is NNC(=O)c1cnc(NCCc2ccc(Cl)cc2)nc1. The summed E-state index contributed by atoms with van der Waals surface area (Å²) in [4.78, 5) is 19.3. The quantitative estimate of drug-likeness (QED) is 0.440. The molecule has 0 unspecified atom stereocenters. The van der Waals surface area contributed by atoms with Gasteiger partial charge in [0.05, 0.1) is 5.56 Å². The Morgan fingerprint density at radius 3 is 2.45 bits per heavy atom. The Morgan fingerprint density at radius 1 is 1.20 bits per heavy atom. The highest BCUT2D eigenvalue weighted by Crippen LogP contribution is 2.10. The summed E-state index contributed by atoms with van der Waals surface area (Å²) < 4.78 is 0. The molecular weight excluding hydrogens is 278 g/mol. The van der Waals surface area contributed by atoms with Crippen molar-refractivity contribution in [1.82, 2.24) is 15.4 Å². The summed E-state index contributed by atoms with van der Waals surface area (Å²) in [7, 11) is 0. The Morgan fingerprint density at radius 2 is 1.85 bits per heavy atom. The van der Waals surface area contributed by atoms with E-state index in [0.717, 1.165) is 11.4 Å². The third-order valence-electron chi connectivity index (χ3n) is 2.66. The highest BCUT2D eigenvalue weighted by molar-refractivity contribution is 6.30. The zero-order valence-electron chi connectivity index (χ0n) is 10.6. The molecular formula is C13H14ClN5O. The van der Waals surface area contributed by atoms with Crippen LogP contribution < -0.4 is 16.6 Å². The van der Waals surface area contributed by atoms with E-state index in [1.165, 1.54) is 18.0 Å². The van der Waals surface area contributed by atoms with Crippen LogP contribution in [0.15, 0.2) is 36.7 Å². The number of nitrogens with two attached hydrogens (primary N) is 1. The monoisotopic (exact) mass is 291 g/mol. The van der Waals surface area contributed by atoms with Crippen LogP contribution in [-0.2, 0) is 6.42 Å². The molecule has 2 aromatic rings. The number of nitrogen functional groups attached to an aromatic ring is 1. The lowest BCUT2D eigenvalue weighted by molar-refractivity contribution is 0.0953. The van der Waals surface area contributed by atoms with Gasteiger partial charge in [0.25, 0.3) is 5.91 Å². The summed E-state index contributed by atoms with van der Waals surface area (Å²) in [5, 5.41) is 3.79. The maximum absolute atomic E-state index is 11.2. The summed E-state index contributed by atoms with van der Waals surface area (Å²) in [6.07, 6.45) is 3.66. The van der Waals surface area contributed by atoms with E-state index in [1.54, 1.807) is 0 Å². The van der Waals surface area contributed by atoms with E-state index in [9.17, 15) is 4.79 Å². The van der Waals surface area contributed by atoms with Crippen LogP contribution in [0.5, 0.6) is 0 Å². The zero-order valence-corrected chi connectivity index (χ0v) is 11.4. The van der Waals surface area contributed by atoms with E-state index < -0.39 is 5.91 Å². The van der Waals surface area contributed by atoms with Gasteiger partial charge in [-0.2, -0.15) is 0 Å². The number of carbonyl (C=O) groups excluding carboxylic acids is 1. The number of benzene rings is 1. The first-order valence-electron chi connectivity index (χ1n) is 6.00. The van der Waals surface area contributed by atoms with Crippen LogP contribution >= 0.6 is 11.6 Å². The van der Waals surface area contributed by atoms with E-state index in [4.69, 9.17) is 17.4 Å². The topological polar surface area (TPSA) is 92.9 Å². The molecule has 0 saturated heterocycles. The maximum atomic E-state index is 11.2. The molecule has 2 rings (SSSR count). The predicted octanol–water partition coefficient (Wildman–Crippen LogP) is 1.39. The third kappa shape index (κ3) is 3.91. The van der Waals surface area contributed by atoms with E-state index in [-0.39, 0.29) is 0 Å². The lowest BCUT2D eigenvalue weighted by atomic mass is 10.1. The molecule has 0 aliphatic carbocycles. The number of hydrazine groups is 1. The van der Waals surface area contributed by atoms with Crippen molar-refractivity contribution in [3.8, 4) is 0 Å². The van der Waals surface area contributed by atoms with Crippen molar-refractivity contribution in [1.29, 1.82) is 0 Å². The number of carbonyl (C=O) groups is 1. The molecule has 1 amide bonds. The summed E-state index contributed by atoms with van der Waals surface area (Å²) in [5.41, 5.74) is 3.50. The summed E-state index contributed by atoms with van der Waals surface area (Å²) in [5.74, 6) is 5.06. The molecule has 0 aliphatic rings. The fourth-order valence-corrected chi connectivity index (χ4v) is 1.72. The summed E-state index contributed by atoms with van der Waals surface area (Å²) in [6, 6.07) is 7.65. The highest BCUT2D eigenvalue weighted by atomic mass is 35.5. The molecule has 1 aromatic carbocycles. The fraction of sp³-hybridized carbons (Fsp3) is 0.154. The zero-order chi connectivity index (χ0) is 14.4. The highest BCUT2D eigenvalue weighted by Gasteiger charge is 2.04. The van der Waals surface area contributed by atoms with E-state index in [0.29, 0.717) is 18.1 Å². The van der Waals surface area contributed by atoms with E-state index in [1.807, 2.05) is 29.7 Å². The van der Waals surface area contributed by atoms with Crippen LogP contribution in [0.4, 0.5) is 5.95 Å². The summed E-state index contributed by atoms with van der Waals surface area (Å²) >= 11 is 5.82. The van der Waals surface area contributed by atoms with Gasteiger partial charge in [0.1, 0.15) is 0 Å². The molecule has 1 aromatic heterocycles. The van der Waals surface area contributed by atoms with Crippen molar-refractivity contribution in [3.63, 3.8) is 0 Å². The molecule has 20 heavy (non-hydrogen) atoms. The van der Waals surface area contributed by atoms with Crippen LogP contribution in [0.2, 0.25) is 5.02 Å². The Labute approximate surface area is 121 Å². The number of hydrogen-bond acceptors (Lipinski definition) is 5. The smallest absolute Gasteiger partial charge is 0.268 e. The first kappa shape index (κ1) is 14.2. The fourth-order valence-electron chi connectivity index (χ4n) is 1.59. The average molecular weight is 292 g/mol. The maximum Gasteiger partial charge on any atom is 0.268 e. The van der Waals surface area contributed by atoms with Gasteiger partial charge in [0, 0.05) is 24.0 Å². The molecule has 0 aliphatic heterocycles. The van der Waals surface area contributed by atoms with Crippen LogP contribution in [0, 0.1) is 0 Å². The number of nitrogens with zero attached hydrogens (tertiary/aromatic N) is 2. The van der Waals surface area contributed by atoms with Gasteiger partial charge in [-0.25, -0.2) is 15.8 Å². The molecule has 7 heteroatoms. The van der Waals surface area contributed by atoms with Gasteiger partial charge in [-0.15, -0.1) is 0 Å². The van der Waals surface area contributed by atoms with Crippen molar-refractivity contribution in [2.24, 2.45) is 5.84 Å². The molecule has 1 heterocycles. The number of nitrogens with one attached hydrogen (secondary N) is 2. The molecule has 0 saturated carbocycles. The first-order valence-corrected chi connectivity index (χ1v) is 6.38. The van der Waals surface area contributed by atoms with Crippen molar-refractivity contribution in [2.75, 3.05) is 11.9 Å². The number of halogens is 1. The summed E-state index contributed by atoms with van der Waals surface area (Å²) in [6.45, 7) is 0.685. The minimum Gasteiger partial charge on any atom is -0.354 e. The van der Waals surface area contributed by atoms with Gasteiger partial charge < -0.3 is 5.32 Å². The van der Waals surface area contributed by atoms with Gasteiger partial charge in [0.2, 0.25) is 5.95 Å². The number of rotatable bonds is 5.